The van der Waals surface area contributed by atoms with Crippen LogP contribution in [0.3, 0.4) is 0 Å². The molecule has 4 rings (SSSR count). The van der Waals surface area contributed by atoms with Crippen LogP contribution in [0, 0.1) is 33.5 Å². The molecule has 0 saturated heterocycles. The zero-order valence-corrected chi connectivity index (χ0v) is 22.5. The Labute approximate surface area is 201 Å². The third-order valence-corrected chi connectivity index (χ3v) is 12.2. The van der Waals surface area contributed by atoms with E-state index in [2.05, 4.69) is 55.4 Å². The van der Waals surface area contributed by atoms with Crippen molar-refractivity contribution in [1.29, 1.82) is 0 Å². The average Bonchev–Trinajstić information content (AvgIpc) is 3.25. The van der Waals surface area contributed by atoms with Gasteiger partial charge in [-0.25, -0.2) is 9.59 Å². The van der Waals surface area contributed by atoms with Crippen molar-refractivity contribution < 1.29 is 23.5 Å². The molecule has 33 heavy (non-hydrogen) atoms. The monoisotopic (exact) mass is 462 g/mol. The molecule has 5 heteroatoms. The number of likely N-dealkylation sites (N-methyl/N-ethyl adjacent to an activating group) is 1. The smallest absolute Gasteiger partial charge is 0.362 e. The zero-order valence-electron chi connectivity index (χ0n) is 22.5. The Morgan fingerprint density at radius 3 is 1.33 bits per heavy atom. The fraction of sp³-hybridized carbons (Fsp3) is 0.929. The summed E-state index contributed by atoms with van der Waals surface area (Å²) >= 11 is 0. The van der Waals surface area contributed by atoms with Crippen LogP contribution in [0.5, 0.6) is 0 Å². The first kappa shape index (κ1) is 25.0. The van der Waals surface area contributed by atoms with Crippen LogP contribution in [0.15, 0.2) is 0 Å². The van der Waals surface area contributed by atoms with Crippen LogP contribution < -0.4 is 0 Å². The summed E-state index contributed by atoms with van der Waals surface area (Å²) in [4.78, 5) is 26.3. The molecule has 0 aliphatic heterocycles. The maximum atomic E-state index is 13.1. The van der Waals surface area contributed by atoms with Crippen LogP contribution >= 0.6 is 0 Å². The van der Waals surface area contributed by atoms with E-state index in [0.717, 1.165) is 25.7 Å². The molecule has 5 nitrogen and oxygen atoms in total. The van der Waals surface area contributed by atoms with Crippen molar-refractivity contribution in [3.63, 3.8) is 0 Å². The summed E-state index contributed by atoms with van der Waals surface area (Å²) in [5.41, 5.74) is 0.552. The van der Waals surface area contributed by atoms with Crippen molar-refractivity contribution in [3.8, 4) is 0 Å². The van der Waals surface area contributed by atoms with Gasteiger partial charge in [0.05, 0.1) is 13.1 Å². The minimum Gasteiger partial charge on any atom is -0.458 e. The second-order valence-electron chi connectivity index (χ2n) is 13.5. The van der Waals surface area contributed by atoms with Gasteiger partial charge in [-0.2, -0.15) is 0 Å². The van der Waals surface area contributed by atoms with Gasteiger partial charge in [-0.1, -0.05) is 41.5 Å². The number of fused-ring (bicyclic) bond motifs is 4. The van der Waals surface area contributed by atoms with E-state index in [0.29, 0.717) is 29.4 Å². The normalized spacial score (nSPS) is 40.2. The van der Waals surface area contributed by atoms with Gasteiger partial charge in [-0.05, 0) is 75.0 Å². The largest absolute Gasteiger partial charge is 0.458 e. The molecule has 0 unspecified atom stereocenters. The molecule has 6 atom stereocenters. The molecule has 0 aromatic rings. The SMILES string of the molecule is CC[N+](CC)(CC(=O)O[C@@H]1C[C@H]2CC[C@@]1(C)C2(C)C)CC(=O)O[C@@H]1C[C@H]2CC[C@@]1(C)C2(C)C. The molecule has 4 aliphatic carbocycles. The number of rotatable bonds is 8. The Hall–Kier alpha value is -1.10. The Bertz CT molecular complexity index is 738. The van der Waals surface area contributed by atoms with Crippen molar-refractivity contribution in [3.05, 3.63) is 0 Å². The van der Waals surface area contributed by atoms with Crippen LogP contribution in [-0.2, 0) is 19.1 Å². The lowest BCUT2D eigenvalue weighted by atomic mass is 9.70. The first-order valence-corrected chi connectivity index (χ1v) is 13.5. The van der Waals surface area contributed by atoms with Crippen molar-refractivity contribution >= 4 is 11.9 Å². The second kappa shape index (κ2) is 7.96. The van der Waals surface area contributed by atoms with Crippen LogP contribution in [0.1, 0.15) is 93.9 Å². The number of hydrogen-bond acceptors (Lipinski definition) is 4. The van der Waals surface area contributed by atoms with Crippen LogP contribution in [0.2, 0.25) is 0 Å². The van der Waals surface area contributed by atoms with Crippen molar-refractivity contribution in [2.24, 2.45) is 33.5 Å². The second-order valence-corrected chi connectivity index (χ2v) is 13.5. The molecular weight excluding hydrogens is 414 g/mol. The van der Waals surface area contributed by atoms with Gasteiger partial charge in [0.2, 0.25) is 0 Å². The molecular formula is C28H48NO4+. The molecule has 0 radical (unpaired) electrons. The quantitative estimate of drug-likeness (QED) is 0.360. The van der Waals surface area contributed by atoms with Gasteiger partial charge < -0.3 is 14.0 Å². The van der Waals surface area contributed by atoms with Crippen molar-refractivity contribution in [2.75, 3.05) is 26.2 Å². The van der Waals surface area contributed by atoms with Crippen molar-refractivity contribution in [2.45, 2.75) is 106 Å². The standard InChI is InChI=1S/C28H48NO4/c1-9-29(10-2,17-23(30)32-21-15-19-11-13-27(21,7)25(19,3)4)18-24(31)33-22-16-20-12-14-28(22,8)26(20,5)6/h19-22H,9-18H2,1-8H3/q+1/t19-,20-,21-,22-,27-,28-/m1/s1. The van der Waals surface area contributed by atoms with Crippen LogP contribution in [0.25, 0.3) is 0 Å². The number of hydrogen-bond donors (Lipinski definition) is 0. The van der Waals surface area contributed by atoms with E-state index >= 15 is 0 Å². The fourth-order valence-electron chi connectivity index (χ4n) is 8.28. The highest BCUT2D eigenvalue weighted by Gasteiger charge is 2.64. The molecule has 0 heterocycles. The number of esters is 2. The Morgan fingerprint density at radius 2 is 1.09 bits per heavy atom. The van der Waals surface area contributed by atoms with E-state index < -0.39 is 0 Å². The highest BCUT2D eigenvalue weighted by atomic mass is 16.6. The Morgan fingerprint density at radius 1 is 0.727 bits per heavy atom. The van der Waals surface area contributed by atoms with E-state index in [1.165, 1.54) is 12.8 Å². The Kier molecular flexibility index (Phi) is 6.03. The Balaban J connectivity index is 1.38. The lowest BCUT2D eigenvalue weighted by Gasteiger charge is -2.40. The van der Waals surface area contributed by atoms with Gasteiger partial charge in [0.15, 0.2) is 13.1 Å². The predicted molar refractivity (Wildman–Crippen MR) is 129 cm³/mol. The van der Waals surface area contributed by atoms with E-state index in [1.807, 2.05) is 0 Å². The maximum Gasteiger partial charge on any atom is 0.362 e. The molecule has 0 N–H and O–H groups in total. The van der Waals surface area contributed by atoms with Gasteiger partial charge in [-0.3, -0.25) is 0 Å². The number of carbonyl (C=O) groups is 2. The summed E-state index contributed by atoms with van der Waals surface area (Å²) in [6.07, 6.45) is 6.70. The summed E-state index contributed by atoms with van der Waals surface area (Å²) in [5, 5.41) is 0. The highest BCUT2D eigenvalue weighted by Crippen LogP contribution is 2.67. The molecule has 0 aromatic heterocycles. The number of nitrogens with zero attached hydrogens (tertiary/aromatic N) is 1. The molecule has 0 aromatic carbocycles. The summed E-state index contributed by atoms with van der Waals surface area (Å²) < 4.78 is 12.7. The summed E-state index contributed by atoms with van der Waals surface area (Å²) in [6, 6.07) is 0. The van der Waals surface area contributed by atoms with Gasteiger partial charge in [-0.15, -0.1) is 0 Å². The lowest BCUT2D eigenvalue weighted by Crippen LogP contribution is -2.55. The summed E-state index contributed by atoms with van der Waals surface area (Å²) in [5.74, 6) is 0.960. The van der Waals surface area contributed by atoms with E-state index in [4.69, 9.17) is 9.47 Å². The van der Waals surface area contributed by atoms with Crippen LogP contribution in [-0.4, -0.2) is 54.8 Å². The van der Waals surface area contributed by atoms with Gasteiger partial charge in [0, 0.05) is 10.8 Å². The molecule has 4 aliphatic rings. The predicted octanol–water partition coefficient (Wildman–Crippen LogP) is 5.36. The zero-order chi connectivity index (χ0) is 24.4. The number of quaternary nitrogens is 1. The first-order chi connectivity index (χ1) is 15.2. The molecule has 4 bridgehead atoms. The summed E-state index contributed by atoms with van der Waals surface area (Å²) in [7, 11) is 0. The lowest BCUT2D eigenvalue weighted by molar-refractivity contribution is -0.911. The van der Waals surface area contributed by atoms with Crippen molar-refractivity contribution in [1.82, 2.24) is 0 Å². The van der Waals surface area contributed by atoms with Gasteiger partial charge in [0.1, 0.15) is 12.2 Å². The minimum atomic E-state index is -0.158. The average molecular weight is 463 g/mol. The third-order valence-electron chi connectivity index (χ3n) is 12.2. The van der Waals surface area contributed by atoms with Gasteiger partial charge >= 0.3 is 11.9 Å². The van der Waals surface area contributed by atoms with Crippen LogP contribution in [0.4, 0.5) is 0 Å². The highest BCUT2D eigenvalue weighted by molar-refractivity contribution is 5.73. The molecule has 188 valence electrons. The number of ether oxygens (including phenoxy) is 2. The van der Waals surface area contributed by atoms with E-state index in [1.54, 1.807) is 0 Å². The number of carbonyl (C=O) groups excluding carboxylic acids is 2. The molecule has 4 saturated carbocycles. The maximum absolute atomic E-state index is 13.1. The fourth-order valence-corrected chi connectivity index (χ4v) is 8.28. The summed E-state index contributed by atoms with van der Waals surface area (Å²) in [6.45, 7) is 20.0. The topological polar surface area (TPSA) is 52.6 Å². The van der Waals surface area contributed by atoms with E-state index in [9.17, 15) is 9.59 Å². The minimum absolute atomic E-state index is 0.00228. The third kappa shape index (κ3) is 3.58. The molecule has 0 amide bonds. The van der Waals surface area contributed by atoms with Gasteiger partial charge in [0.25, 0.3) is 0 Å². The first-order valence-electron chi connectivity index (χ1n) is 13.5. The molecule has 0 spiro atoms. The molecule has 4 fully saturated rings. The van der Waals surface area contributed by atoms with E-state index in [-0.39, 0.29) is 58.9 Å².